The van der Waals surface area contributed by atoms with Crippen molar-refractivity contribution in [3.8, 4) is 5.75 Å². The maximum absolute atomic E-state index is 11.6. The molecular weight excluding hydrogens is 244 g/mol. The Balaban J connectivity index is 2.79. The summed E-state index contributed by atoms with van der Waals surface area (Å²) >= 11 is 0. The van der Waals surface area contributed by atoms with E-state index in [1.54, 1.807) is 44.2 Å². The summed E-state index contributed by atoms with van der Waals surface area (Å²) < 4.78 is 10.2. The number of hydrogen-bond donors (Lipinski definition) is 0. The van der Waals surface area contributed by atoms with E-state index in [0.717, 1.165) is 5.56 Å². The first-order chi connectivity index (χ1) is 8.93. The summed E-state index contributed by atoms with van der Waals surface area (Å²) in [6, 6.07) is 6.77. The molecule has 0 aliphatic rings. The lowest BCUT2D eigenvalue weighted by Crippen LogP contribution is -2.14. The summed E-state index contributed by atoms with van der Waals surface area (Å²) in [6.45, 7) is 8.54. The highest BCUT2D eigenvalue weighted by Gasteiger charge is 2.16. The maximum atomic E-state index is 11.6. The minimum absolute atomic E-state index is 0.192. The minimum Gasteiger partial charge on any atom is -0.453 e. The van der Waals surface area contributed by atoms with Gasteiger partial charge in [-0.1, -0.05) is 32.6 Å². The van der Waals surface area contributed by atoms with Crippen LogP contribution in [0.4, 0.5) is 0 Å². The molecule has 1 rings (SSSR count). The summed E-state index contributed by atoms with van der Waals surface area (Å²) in [5.41, 5.74) is 0.778. The van der Waals surface area contributed by atoms with Crippen molar-refractivity contribution < 1.29 is 19.1 Å². The van der Waals surface area contributed by atoms with Crippen LogP contribution in [0.1, 0.15) is 32.4 Å². The Labute approximate surface area is 113 Å². The van der Waals surface area contributed by atoms with Crippen molar-refractivity contribution in [1.29, 1.82) is 0 Å². The monoisotopic (exact) mass is 262 g/mol. The molecule has 0 amide bonds. The van der Waals surface area contributed by atoms with Crippen LogP contribution in [0.3, 0.4) is 0 Å². The zero-order valence-electron chi connectivity index (χ0n) is 11.4. The van der Waals surface area contributed by atoms with E-state index in [0.29, 0.717) is 5.75 Å². The molecule has 0 N–H and O–H groups in total. The maximum Gasteiger partial charge on any atom is 0.309 e. The second kappa shape index (κ2) is 6.73. The van der Waals surface area contributed by atoms with Crippen LogP contribution in [0.15, 0.2) is 36.9 Å². The van der Waals surface area contributed by atoms with E-state index in [1.807, 2.05) is 0 Å². The number of esters is 2. The van der Waals surface area contributed by atoms with Gasteiger partial charge in [0, 0.05) is 6.92 Å². The highest BCUT2D eigenvalue weighted by atomic mass is 16.5. The number of rotatable bonds is 5. The molecule has 0 radical (unpaired) electrons. The molecular formula is C15H18O4. The van der Waals surface area contributed by atoms with E-state index in [2.05, 4.69) is 6.58 Å². The van der Waals surface area contributed by atoms with Crippen LogP contribution >= 0.6 is 0 Å². The third-order valence-electron chi connectivity index (χ3n) is 2.40. The average Bonchev–Trinajstić information content (AvgIpc) is 2.36. The normalized spacial score (nSPS) is 11.8. The van der Waals surface area contributed by atoms with Crippen LogP contribution in [-0.4, -0.2) is 11.9 Å². The quantitative estimate of drug-likeness (QED) is 0.465. The Bertz CT molecular complexity index is 460. The summed E-state index contributed by atoms with van der Waals surface area (Å²) in [5, 5.41) is 0. The zero-order chi connectivity index (χ0) is 14.4. The van der Waals surface area contributed by atoms with Crippen LogP contribution in [0.5, 0.6) is 5.75 Å². The Morgan fingerprint density at radius 1 is 1.21 bits per heavy atom. The van der Waals surface area contributed by atoms with Gasteiger partial charge in [-0.05, 0) is 23.8 Å². The van der Waals surface area contributed by atoms with E-state index < -0.39 is 6.10 Å². The number of hydrogen-bond acceptors (Lipinski definition) is 4. The van der Waals surface area contributed by atoms with Gasteiger partial charge in [0.1, 0.15) is 11.9 Å². The fourth-order valence-corrected chi connectivity index (χ4v) is 1.40. The molecule has 0 fully saturated rings. The van der Waals surface area contributed by atoms with Crippen LogP contribution in [-0.2, 0) is 14.3 Å². The molecule has 102 valence electrons. The van der Waals surface area contributed by atoms with Gasteiger partial charge in [-0.2, -0.15) is 0 Å². The first-order valence-corrected chi connectivity index (χ1v) is 6.05. The highest BCUT2D eigenvalue weighted by molar-refractivity contribution is 5.72. The summed E-state index contributed by atoms with van der Waals surface area (Å²) in [5.74, 6) is -0.398. The third-order valence-corrected chi connectivity index (χ3v) is 2.40. The van der Waals surface area contributed by atoms with Crippen molar-refractivity contribution in [2.24, 2.45) is 5.92 Å². The predicted molar refractivity (Wildman–Crippen MR) is 71.6 cm³/mol. The van der Waals surface area contributed by atoms with Gasteiger partial charge >= 0.3 is 11.9 Å². The van der Waals surface area contributed by atoms with Crippen molar-refractivity contribution in [3.05, 3.63) is 42.5 Å². The van der Waals surface area contributed by atoms with Gasteiger partial charge in [-0.15, -0.1) is 0 Å². The number of ether oxygens (including phenoxy) is 2. The Morgan fingerprint density at radius 3 is 2.21 bits per heavy atom. The fraction of sp³-hybridized carbons (Fsp3) is 0.333. The molecule has 1 aromatic carbocycles. The van der Waals surface area contributed by atoms with Gasteiger partial charge in [0.15, 0.2) is 0 Å². The Hall–Kier alpha value is -2.10. The molecule has 0 heterocycles. The predicted octanol–water partition coefficient (Wildman–Crippen LogP) is 3.04. The van der Waals surface area contributed by atoms with Crippen LogP contribution in [0, 0.1) is 5.92 Å². The molecule has 0 aromatic heterocycles. The van der Waals surface area contributed by atoms with Crippen molar-refractivity contribution >= 4 is 11.9 Å². The lowest BCUT2D eigenvalue weighted by molar-refractivity contribution is -0.151. The summed E-state index contributed by atoms with van der Waals surface area (Å²) in [4.78, 5) is 22.4. The SMILES string of the molecule is C=C[C@H](OC(=O)C(C)C)c1ccc(OC(C)=O)cc1. The van der Waals surface area contributed by atoms with Gasteiger partial charge < -0.3 is 9.47 Å². The van der Waals surface area contributed by atoms with Crippen molar-refractivity contribution in [2.45, 2.75) is 26.9 Å². The molecule has 0 saturated carbocycles. The van der Waals surface area contributed by atoms with Gasteiger partial charge in [0.25, 0.3) is 0 Å². The number of carbonyl (C=O) groups excluding carboxylic acids is 2. The second-order valence-corrected chi connectivity index (χ2v) is 4.41. The molecule has 0 aliphatic carbocycles. The molecule has 19 heavy (non-hydrogen) atoms. The topological polar surface area (TPSA) is 52.6 Å². The molecule has 0 spiro atoms. The summed E-state index contributed by atoms with van der Waals surface area (Å²) in [6.07, 6.45) is 1.06. The van der Waals surface area contributed by atoms with Gasteiger partial charge in [-0.3, -0.25) is 9.59 Å². The van der Waals surface area contributed by atoms with E-state index in [9.17, 15) is 9.59 Å². The molecule has 0 bridgehead atoms. The standard InChI is InChI=1S/C15H18O4/c1-5-14(19-15(17)10(2)3)12-6-8-13(9-7-12)18-11(4)16/h5-10,14H,1H2,2-4H3/t14-/m0/s1. The number of benzene rings is 1. The van der Waals surface area contributed by atoms with Crippen molar-refractivity contribution in [2.75, 3.05) is 0 Å². The molecule has 4 nitrogen and oxygen atoms in total. The molecule has 4 heteroatoms. The van der Waals surface area contributed by atoms with Crippen molar-refractivity contribution in [3.63, 3.8) is 0 Å². The van der Waals surface area contributed by atoms with Crippen LogP contribution < -0.4 is 4.74 Å². The smallest absolute Gasteiger partial charge is 0.309 e. The fourth-order valence-electron chi connectivity index (χ4n) is 1.40. The number of carbonyl (C=O) groups is 2. The first kappa shape index (κ1) is 15.0. The molecule has 0 saturated heterocycles. The lowest BCUT2D eigenvalue weighted by atomic mass is 10.1. The van der Waals surface area contributed by atoms with E-state index in [-0.39, 0.29) is 17.9 Å². The zero-order valence-corrected chi connectivity index (χ0v) is 11.4. The largest absolute Gasteiger partial charge is 0.453 e. The third kappa shape index (κ3) is 4.58. The molecule has 1 atom stereocenters. The molecule has 1 aromatic rings. The van der Waals surface area contributed by atoms with Crippen LogP contribution in [0.25, 0.3) is 0 Å². The summed E-state index contributed by atoms with van der Waals surface area (Å²) in [7, 11) is 0. The minimum atomic E-state index is -0.499. The van der Waals surface area contributed by atoms with Crippen molar-refractivity contribution in [1.82, 2.24) is 0 Å². The average molecular weight is 262 g/mol. The van der Waals surface area contributed by atoms with Crippen LogP contribution in [0.2, 0.25) is 0 Å². The lowest BCUT2D eigenvalue weighted by Gasteiger charge is -2.16. The Morgan fingerprint density at radius 2 is 1.79 bits per heavy atom. The van der Waals surface area contributed by atoms with E-state index >= 15 is 0 Å². The Kier molecular flexibility index (Phi) is 5.30. The van der Waals surface area contributed by atoms with E-state index in [1.165, 1.54) is 6.92 Å². The van der Waals surface area contributed by atoms with Gasteiger partial charge in [-0.25, -0.2) is 0 Å². The van der Waals surface area contributed by atoms with Gasteiger partial charge in [0.05, 0.1) is 5.92 Å². The second-order valence-electron chi connectivity index (χ2n) is 4.41. The first-order valence-electron chi connectivity index (χ1n) is 6.05. The highest BCUT2D eigenvalue weighted by Crippen LogP contribution is 2.22. The molecule has 0 unspecified atom stereocenters. The van der Waals surface area contributed by atoms with E-state index in [4.69, 9.17) is 9.47 Å². The van der Waals surface area contributed by atoms with Gasteiger partial charge in [0.2, 0.25) is 0 Å². The molecule has 0 aliphatic heterocycles.